The first-order chi connectivity index (χ1) is 20.9. The van der Waals surface area contributed by atoms with E-state index in [1.54, 1.807) is 23.8 Å². The number of hydrogen-bond acceptors (Lipinski definition) is 6. The molecule has 3 rings (SSSR count). The Kier molecular flexibility index (Phi) is 13.0. The summed E-state index contributed by atoms with van der Waals surface area (Å²) < 4.78 is 5.91. The molecular formula is C35H54N4O5. The van der Waals surface area contributed by atoms with Gasteiger partial charge in [-0.25, -0.2) is 4.79 Å². The Morgan fingerprint density at radius 2 is 1.64 bits per heavy atom. The first kappa shape index (κ1) is 35.3. The number of likely N-dealkylation sites (tertiary alicyclic amines) is 2. The van der Waals surface area contributed by atoms with E-state index in [1.165, 1.54) is 0 Å². The van der Waals surface area contributed by atoms with Gasteiger partial charge in [-0.2, -0.15) is 0 Å². The maximum atomic E-state index is 13.8. The van der Waals surface area contributed by atoms with Crippen molar-refractivity contribution in [2.24, 2.45) is 11.8 Å². The summed E-state index contributed by atoms with van der Waals surface area (Å²) in [6, 6.07) is 7.73. The van der Waals surface area contributed by atoms with Crippen LogP contribution >= 0.6 is 0 Å². The van der Waals surface area contributed by atoms with Gasteiger partial charge < -0.3 is 19.9 Å². The number of benzene rings is 1. The van der Waals surface area contributed by atoms with Crippen molar-refractivity contribution in [3.05, 3.63) is 47.5 Å². The van der Waals surface area contributed by atoms with Crippen LogP contribution < -0.4 is 5.32 Å². The summed E-state index contributed by atoms with van der Waals surface area (Å²) in [5, 5.41) is 3.04. The Labute approximate surface area is 264 Å². The van der Waals surface area contributed by atoms with E-state index < -0.39 is 12.1 Å². The van der Waals surface area contributed by atoms with Gasteiger partial charge in [0.05, 0.1) is 12.1 Å². The van der Waals surface area contributed by atoms with E-state index in [0.717, 1.165) is 37.8 Å². The second-order valence-corrected chi connectivity index (χ2v) is 13.2. The van der Waals surface area contributed by atoms with Crippen molar-refractivity contribution in [1.29, 1.82) is 0 Å². The predicted molar refractivity (Wildman–Crippen MR) is 172 cm³/mol. The number of hydrogen-bond donors (Lipinski definition) is 1. The molecule has 0 spiro atoms. The molecule has 0 aromatic heterocycles. The quantitative estimate of drug-likeness (QED) is 0.272. The predicted octanol–water partition coefficient (Wildman–Crippen LogP) is 4.73. The minimum absolute atomic E-state index is 0.00946. The molecule has 2 saturated heterocycles. The molecule has 1 N–H and O–H groups in total. The standard InChI is InChI=1S/C35H54N4O5/c1-9-30(26-16-11-10-12-17-26)44-35(43)28-19-15-21-39(28)33(41)25(6)22-29(23(2)3)38(8)34(42)31(24(4)5)36-32(40)27-18-13-14-20-37(27)7/h10-12,16-17,22-24,27-31H,9,13-15,18-21H2,1-8H3,(H,36,40)/t27-,28+,29?,30+,31+/m1/s1. The van der Waals surface area contributed by atoms with Gasteiger partial charge in [-0.1, -0.05) is 77.4 Å². The Morgan fingerprint density at radius 3 is 2.23 bits per heavy atom. The number of ether oxygens (including phenoxy) is 1. The van der Waals surface area contributed by atoms with Gasteiger partial charge in [-0.05, 0) is 70.0 Å². The molecule has 1 unspecified atom stereocenters. The van der Waals surface area contributed by atoms with Crippen LogP contribution in [0.25, 0.3) is 0 Å². The van der Waals surface area contributed by atoms with Crippen LogP contribution in [0, 0.1) is 11.8 Å². The third-order valence-corrected chi connectivity index (χ3v) is 9.13. The molecule has 2 aliphatic heterocycles. The minimum Gasteiger partial charge on any atom is -0.456 e. The zero-order valence-corrected chi connectivity index (χ0v) is 28.0. The number of rotatable bonds is 12. The average Bonchev–Trinajstić information content (AvgIpc) is 3.50. The Bertz CT molecular complexity index is 1170. The van der Waals surface area contributed by atoms with Crippen molar-refractivity contribution in [3.8, 4) is 0 Å². The summed E-state index contributed by atoms with van der Waals surface area (Å²) in [7, 11) is 3.69. The lowest BCUT2D eigenvalue weighted by Gasteiger charge is -2.36. The molecule has 1 aromatic rings. The summed E-state index contributed by atoms with van der Waals surface area (Å²) in [5.41, 5.74) is 1.41. The number of likely N-dealkylation sites (N-methyl/N-ethyl adjacent to an activating group) is 2. The molecule has 2 heterocycles. The normalized spacial score (nSPS) is 21.6. The van der Waals surface area contributed by atoms with Crippen LogP contribution in [0.4, 0.5) is 0 Å². The van der Waals surface area contributed by atoms with Crippen LogP contribution in [0.3, 0.4) is 0 Å². The van der Waals surface area contributed by atoms with E-state index >= 15 is 0 Å². The Morgan fingerprint density at radius 1 is 0.977 bits per heavy atom. The first-order valence-corrected chi connectivity index (χ1v) is 16.4. The van der Waals surface area contributed by atoms with Crippen molar-refractivity contribution in [2.75, 3.05) is 27.2 Å². The number of carbonyl (C=O) groups is 4. The highest BCUT2D eigenvalue weighted by molar-refractivity contribution is 5.96. The second-order valence-electron chi connectivity index (χ2n) is 13.2. The fraction of sp³-hybridized carbons (Fsp3) is 0.657. The number of amides is 3. The molecule has 9 heteroatoms. The highest BCUT2D eigenvalue weighted by Gasteiger charge is 2.38. The van der Waals surface area contributed by atoms with E-state index in [2.05, 4.69) is 10.2 Å². The van der Waals surface area contributed by atoms with Crippen LogP contribution in [-0.2, 0) is 23.9 Å². The summed E-state index contributed by atoms with van der Waals surface area (Å²) in [4.78, 5) is 59.4. The molecule has 2 aliphatic rings. The van der Waals surface area contributed by atoms with Crippen LogP contribution in [0.2, 0.25) is 0 Å². The van der Waals surface area contributed by atoms with E-state index in [9.17, 15) is 19.2 Å². The topological polar surface area (TPSA) is 99.3 Å². The molecule has 0 aliphatic carbocycles. The number of nitrogens with one attached hydrogen (secondary N) is 1. The largest absolute Gasteiger partial charge is 0.456 e. The van der Waals surface area contributed by atoms with E-state index in [4.69, 9.17) is 4.74 Å². The van der Waals surface area contributed by atoms with Crippen molar-refractivity contribution < 1.29 is 23.9 Å². The lowest BCUT2D eigenvalue weighted by molar-refractivity contribution is -0.157. The minimum atomic E-state index is -0.678. The molecule has 0 bridgehead atoms. The van der Waals surface area contributed by atoms with E-state index in [-0.39, 0.29) is 53.7 Å². The average molecular weight is 611 g/mol. The Balaban J connectivity index is 1.73. The van der Waals surface area contributed by atoms with Crippen molar-refractivity contribution in [2.45, 2.75) is 110 Å². The fourth-order valence-corrected chi connectivity index (χ4v) is 6.37. The summed E-state index contributed by atoms with van der Waals surface area (Å²) in [5.74, 6) is -1.00. The van der Waals surface area contributed by atoms with Crippen molar-refractivity contribution in [3.63, 3.8) is 0 Å². The van der Waals surface area contributed by atoms with Gasteiger partial charge in [-0.3, -0.25) is 19.3 Å². The van der Waals surface area contributed by atoms with Crippen molar-refractivity contribution in [1.82, 2.24) is 20.0 Å². The lowest BCUT2D eigenvalue weighted by atomic mass is 9.96. The van der Waals surface area contributed by atoms with E-state index in [1.807, 2.05) is 78.1 Å². The SMILES string of the molecule is CC[C@H](OC(=O)[C@@H]1CCCN1C(=O)C(C)=CC(C(C)C)N(C)C(=O)[C@@H](NC(=O)[C@H]1CCCCN1C)C(C)C)c1ccccc1. The molecular weight excluding hydrogens is 556 g/mol. The molecule has 5 atom stereocenters. The lowest BCUT2D eigenvalue weighted by Crippen LogP contribution is -2.57. The van der Waals surface area contributed by atoms with Crippen LogP contribution in [-0.4, -0.2) is 89.7 Å². The van der Waals surface area contributed by atoms with Crippen LogP contribution in [0.15, 0.2) is 42.0 Å². The van der Waals surface area contributed by atoms with Crippen LogP contribution in [0.5, 0.6) is 0 Å². The monoisotopic (exact) mass is 610 g/mol. The van der Waals surface area contributed by atoms with E-state index in [0.29, 0.717) is 25.0 Å². The maximum absolute atomic E-state index is 13.8. The highest BCUT2D eigenvalue weighted by Crippen LogP contribution is 2.27. The summed E-state index contributed by atoms with van der Waals surface area (Å²) in [6.07, 6.45) is 6.24. The van der Waals surface area contributed by atoms with Gasteiger partial charge in [0.15, 0.2) is 0 Å². The van der Waals surface area contributed by atoms with Gasteiger partial charge in [0.25, 0.3) is 0 Å². The summed E-state index contributed by atoms with van der Waals surface area (Å²) in [6.45, 7) is 12.9. The smallest absolute Gasteiger partial charge is 0.329 e. The first-order valence-electron chi connectivity index (χ1n) is 16.4. The maximum Gasteiger partial charge on any atom is 0.329 e. The van der Waals surface area contributed by atoms with Crippen molar-refractivity contribution >= 4 is 23.7 Å². The summed E-state index contributed by atoms with van der Waals surface area (Å²) >= 11 is 0. The zero-order valence-electron chi connectivity index (χ0n) is 28.0. The molecule has 244 valence electrons. The second kappa shape index (κ2) is 16.2. The number of nitrogens with zero attached hydrogens (tertiary/aromatic N) is 3. The molecule has 0 saturated carbocycles. The fourth-order valence-electron chi connectivity index (χ4n) is 6.37. The van der Waals surface area contributed by atoms with Gasteiger partial charge in [-0.15, -0.1) is 0 Å². The third-order valence-electron chi connectivity index (χ3n) is 9.13. The molecule has 0 radical (unpaired) electrons. The highest BCUT2D eigenvalue weighted by atomic mass is 16.5. The van der Waals surface area contributed by atoms with Gasteiger partial charge in [0, 0.05) is 19.2 Å². The number of piperidine rings is 1. The zero-order chi connectivity index (χ0) is 32.6. The molecule has 2 fully saturated rings. The van der Waals surface area contributed by atoms with Gasteiger partial charge in [0.1, 0.15) is 18.2 Å². The van der Waals surface area contributed by atoms with Crippen LogP contribution in [0.1, 0.15) is 91.7 Å². The van der Waals surface area contributed by atoms with Gasteiger partial charge in [0.2, 0.25) is 17.7 Å². The number of esters is 1. The molecule has 9 nitrogen and oxygen atoms in total. The third kappa shape index (κ3) is 8.71. The molecule has 3 amide bonds. The molecule has 44 heavy (non-hydrogen) atoms. The van der Waals surface area contributed by atoms with Gasteiger partial charge >= 0.3 is 5.97 Å². The Hall–Kier alpha value is -3.20. The number of carbonyl (C=O) groups excluding carboxylic acids is 4. The molecule has 1 aromatic carbocycles.